The summed E-state index contributed by atoms with van der Waals surface area (Å²) in [6.07, 6.45) is 2.00. The highest BCUT2D eigenvalue weighted by atomic mass is 16.1. The third-order valence-electron chi connectivity index (χ3n) is 3.79. The number of nitrogens with zero attached hydrogens (tertiary/aromatic N) is 1. The van der Waals surface area contributed by atoms with E-state index in [0.29, 0.717) is 5.56 Å². The molecule has 0 atom stereocenters. The number of benzene rings is 2. The standard InChI is InChI=1S/C18H19N3O/c1-21(11-13-5-3-2-4-6-13)12-15-10-20-17-8-7-14(18(19)22)9-16(15)17/h2-10,20H,11-12H2,1H3,(H2,19,22). The number of carbonyl (C=O) groups excluding carboxylic acids is 1. The second-order valence-electron chi connectivity index (χ2n) is 5.60. The van der Waals surface area contributed by atoms with Gasteiger partial charge in [0, 0.05) is 35.8 Å². The minimum atomic E-state index is -0.397. The molecule has 0 fully saturated rings. The van der Waals surface area contributed by atoms with Crippen molar-refractivity contribution >= 4 is 16.8 Å². The molecule has 4 nitrogen and oxygen atoms in total. The third kappa shape index (κ3) is 3.02. The average molecular weight is 293 g/mol. The molecule has 22 heavy (non-hydrogen) atoms. The summed E-state index contributed by atoms with van der Waals surface area (Å²) in [5.74, 6) is -0.397. The lowest BCUT2D eigenvalue weighted by atomic mass is 10.1. The Morgan fingerprint density at radius 1 is 1.14 bits per heavy atom. The minimum absolute atomic E-state index is 0.397. The van der Waals surface area contributed by atoms with Crippen LogP contribution in [0.4, 0.5) is 0 Å². The molecule has 3 N–H and O–H groups in total. The smallest absolute Gasteiger partial charge is 0.248 e. The first-order valence-electron chi connectivity index (χ1n) is 7.26. The van der Waals surface area contributed by atoms with Crippen molar-refractivity contribution in [2.75, 3.05) is 7.05 Å². The molecule has 0 aliphatic rings. The fraction of sp³-hybridized carbons (Fsp3) is 0.167. The fourth-order valence-corrected chi connectivity index (χ4v) is 2.70. The zero-order valence-electron chi connectivity index (χ0n) is 12.5. The van der Waals surface area contributed by atoms with E-state index in [-0.39, 0.29) is 0 Å². The number of primary amides is 1. The van der Waals surface area contributed by atoms with E-state index in [9.17, 15) is 4.79 Å². The Hall–Kier alpha value is -2.59. The summed E-state index contributed by atoms with van der Waals surface area (Å²) < 4.78 is 0. The van der Waals surface area contributed by atoms with E-state index in [1.807, 2.05) is 36.5 Å². The Labute approximate surface area is 129 Å². The van der Waals surface area contributed by atoms with Crippen LogP contribution >= 0.6 is 0 Å². The first-order valence-corrected chi connectivity index (χ1v) is 7.26. The molecule has 112 valence electrons. The molecule has 0 aliphatic carbocycles. The summed E-state index contributed by atoms with van der Waals surface area (Å²) in [5.41, 5.74) is 9.37. The second kappa shape index (κ2) is 6.03. The van der Waals surface area contributed by atoms with Gasteiger partial charge in [-0.1, -0.05) is 30.3 Å². The number of hydrogen-bond acceptors (Lipinski definition) is 2. The Kier molecular flexibility index (Phi) is 3.94. The van der Waals surface area contributed by atoms with Crippen LogP contribution in [-0.2, 0) is 13.1 Å². The van der Waals surface area contributed by atoms with Crippen molar-refractivity contribution in [3.63, 3.8) is 0 Å². The highest BCUT2D eigenvalue weighted by Gasteiger charge is 2.09. The Balaban J connectivity index is 1.81. The molecule has 2 aromatic carbocycles. The van der Waals surface area contributed by atoms with E-state index in [0.717, 1.165) is 29.6 Å². The molecule has 0 aliphatic heterocycles. The molecule has 0 saturated carbocycles. The Bertz CT molecular complexity index is 792. The van der Waals surface area contributed by atoms with Crippen molar-refractivity contribution < 1.29 is 4.79 Å². The van der Waals surface area contributed by atoms with Crippen LogP contribution in [0.25, 0.3) is 10.9 Å². The van der Waals surface area contributed by atoms with Crippen molar-refractivity contribution in [1.29, 1.82) is 0 Å². The number of amides is 1. The van der Waals surface area contributed by atoms with Gasteiger partial charge in [0.05, 0.1) is 0 Å². The van der Waals surface area contributed by atoms with Crippen molar-refractivity contribution in [3.05, 3.63) is 71.4 Å². The van der Waals surface area contributed by atoms with E-state index in [1.54, 1.807) is 6.07 Å². The molecular formula is C18H19N3O. The summed E-state index contributed by atoms with van der Waals surface area (Å²) in [4.78, 5) is 16.8. The van der Waals surface area contributed by atoms with Crippen LogP contribution in [0.3, 0.4) is 0 Å². The topological polar surface area (TPSA) is 62.1 Å². The zero-order valence-corrected chi connectivity index (χ0v) is 12.5. The van der Waals surface area contributed by atoms with Gasteiger partial charge in [-0.25, -0.2) is 0 Å². The fourth-order valence-electron chi connectivity index (χ4n) is 2.70. The lowest BCUT2D eigenvalue weighted by Gasteiger charge is -2.16. The quantitative estimate of drug-likeness (QED) is 0.760. The summed E-state index contributed by atoms with van der Waals surface area (Å²) in [6.45, 7) is 1.68. The highest BCUT2D eigenvalue weighted by molar-refractivity contribution is 5.97. The Morgan fingerprint density at radius 3 is 2.64 bits per heavy atom. The lowest BCUT2D eigenvalue weighted by molar-refractivity contribution is 0.100. The average Bonchev–Trinajstić information content (AvgIpc) is 2.90. The van der Waals surface area contributed by atoms with Crippen LogP contribution in [-0.4, -0.2) is 22.8 Å². The second-order valence-corrected chi connectivity index (χ2v) is 5.60. The maximum Gasteiger partial charge on any atom is 0.248 e. The molecule has 0 bridgehead atoms. The number of aromatic amines is 1. The molecule has 0 saturated heterocycles. The molecule has 4 heteroatoms. The van der Waals surface area contributed by atoms with Crippen LogP contribution in [0.5, 0.6) is 0 Å². The number of fused-ring (bicyclic) bond motifs is 1. The number of aromatic nitrogens is 1. The third-order valence-corrected chi connectivity index (χ3v) is 3.79. The maximum absolute atomic E-state index is 11.3. The van der Waals surface area contributed by atoms with Crippen molar-refractivity contribution in [1.82, 2.24) is 9.88 Å². The Morgan fingerprint density at radius 2 is 1.91 bits per heavy atom. The van der Waals surface area contributed by atoms with Gasteiger partial charge in [0.2, 0.25) is 5.91 Å². The molecule has 3 rings (SSSR count). The molecule has 1 aromatic heterocycles. The van der Waals surface area contributed by atoms with Gasteiger partial charge in [-0.2, -0.15) is 0 Å². The maximum atomic E-state index is 11.3. The molecular weight excluding hydrogens is 274 g/mol. The van der Waals surface area contributed by atoms with Gasteiger partial charge in [0.1, 0.15) is 0 Å². The highest BCUT2D eigenvalue weighted by Crippen LogP contribution is 2.21. The largest absolute Gasteiger partial charge is 0.366 e. The van der Waals surface area contributed by atoms with Gasteiger partial charge in [0.25, 0.3) is 0 Å². The van der Waals surface area contributed by atoms with E-state index in [1.165, 1.54) is 5.56 Å². The molecule has 1 heterocycles. The van der Waals surface area contributed by atoms with Gasteiger partial charge in [-0.05, 0) is 36.4 Å². The van der Waals surface area contributed by atoms with Crippen LogP contribution in [0.2, 0.25) is 0 Å². The summed E-state index contributed by atoms with van der Waals surface area (Å²) >= 11 is 0. The summed E-state index contributed by atoms with van der Waals surface area (Å²) in [5, 5.41) is 1.05. The number of nitrogens with one attached hydrogen (secondary N) is 1. The molecule has 3 aromatic rings. The molecule has 0 radical (unpaired) electrons. The predicted octanol–water partition coefficient (Wildman–Crippen LogP) is 2.90. The van der Waals surface area contributed by atoms with Crippen LogP contribution in [0.1, 0.15) is 21.5 Å². The van der Waals surface area contributed by atoms with Crippen LogP contribution in [0, 0.1) is 0 Å². The van der Waals surface area contributed by atoms with E-state index >= 15 is 0 Å². The minimum Gasteiger partial charge on any atom is -0.366 e. The van der Waals surface area contributed by atoms with Gasteiger partial charge < -0.3 is 10.7 Å². The van der Waals surface area contributed by atoms with Crippen LogP contribution < -0.4 is 5.73 Å². The van der Waals surface area contributed by atoms with Crippen molar-refractivity contribution in [2.45, 2.75) is 13.1 Å². The van der Waals surface area contributed by atoms with Gasteiger partial charge in [-0.3, -0.25) is 9.69 Å². The number of hydrogen-bond donors (Lipinski definition) is 2. The number of H-pyrrole nitrogens is 1. The zero-order chi connectivity index (χ0) is 15.5. The van der Waals surface area contributed by atoms with Gasteiger partial charge in [0.15, 0.2) is 0 Å². The van der Waals surface area contributed by atoms with Gasteiger partial charge in [-0.15, -0.1) is 0 Å². The summed E-state index contributed by atoms with van der Waals surface area (Å²) in [7, 11) is 2.09. The normalized spacial score (nSPS) is 11.2. The van der Waals surface area contributed by atoms with Gasteiger partial charge >= 0.3 is 0 Å². The van der Waals surface area contributed by atoms with Crippen LogP contribution in [0.15, 0.2) is 54.7 Å². The molecule has 1 amide bonds. The van der Waals surface area contributed by atoms with E-state index in [2.05, 4.69) is 29.1 Å². The lowest BCUT2D eigenvalue weighted by Crippen LogP contribution is -2.17. The number of carbonyl (C=O) groups is 1. The number of nitrogens with two attached hydrogens (primary N) is 1. The first kappa shape index (κ1) is 14.4. The van der Waals surface area contributed by atoms with E-state index in [4.69, 9.17) is 5.73 Å². The molecule has 0 unspecified atom stereocenters. The van der Waals surface area contributed by atoms with Crippen molar-refractivity contribution in [3.8, 4) is 0 Å². The summed E-state index contributed by atoms with van der Waals surface area (Å²) in [6, 6.07) is 15.9. The monoisotopic (exact) mass is 293 g/mol. The van der Waals surface area contributed by atoms with E-state index < -0.39 is 5.91 Å². The van der Waals surface area contributed by atoms with Crippen molar-refractivity contribution in [2.24, 2.45) is 5.73 Å². The number of rotatable bonds is 5. The SMILES string of the molecule is CN(Cc1ccccc1)Cc1c[nH]c2ccc(C(N)=O)cc12. The predicted molar refractivity (Wildman–Crippen MR) is 88.4 cm³/mol. The first-order chi connectivity index (χ1) is 10.6. The molecule has 0 spiro atoms.